The summed E-state index contributed by atoms with van der Waals surface area (Å²) in [6.45, 7) is 5.66. The summed E-state index contributed by atoms with van der Waals surface area (Å²) >= 11 is 0. The average Bonchev–Trinajstić information content (AvgIpc) is 2.62. The zero-order valence-electron chi connectivity index (χ0n) is 9.94. The summed E-state index contributed by atoms with van der Waals surface area (Å²) in [6.07, 6.45) is -0.155. The Morgan fingerprint density at radius 3 is 2.50 bits per heavy atom. The van der Waals surface area contributed by atoms with Gasteiger partial charge in [0.1, 0.15) is 11.3 Å². The largest absolute Gasteiger partial charge is 0.464 e. The van der Waals surface area contributed by atoms with Crippen molar-refractivity contribution in [2.24, 2.45) is 5.10 Å². The van der Waals surface area contributed by atoms with E-state index in [2.05, 4.69) is 9.84 Å². The SMILES string of the molecule is COC(=O)C1=NN(C(=O)OC(C)(C)C)CC1. The number of nitrogens with zero attached hydrogens (tertiary/aromatic N) is 2. The number of hydrazone groups is 1. The predicted molar refractivity (Wildman–Crippen MR) is 57.0 cm³/mol. The van der Waals surface area contributed by atoms with E-state index in [1.807, 2.05) is 0 Å². The van der Waals surface area contributed by atoms with Crippen LogP contribution in [0.2, 0.25) is 0 Å². The highest BCUT2D eigenvalue weighted by molar-refractivity contribution is 6.36. The first kappa shape index (κ1) is 12.5. The third-order valence-corrected chi connectivity index (χ3v) is 1.83. The van der Waals surface area contributed by atoms with Crippen LogP contribution in [0.3, 0.4) is 0 Å². The Morgan fingerprint density at radius 1 is 1.38 bits per heavy atom. The number of ether oxygens (including phenoxy) is 2. The number of carbonyl (C=O) groups excluding carboxylic acids is 2. The van der Waals surface area contributed by atoms with E-state index in [0.29, 0.717) is 13.0 Å². The Balaban J connectivity index is 2.61. The Hall–Kier alpha value is -1.59. The third kappa shape index (κ3) is 3.22. The molecule has 0 bridgehead atoms. The van der Waals surface area contributed by atoms with Gasteiger partial charge in [0, 0.05) is 6.42 Å². The standard InChI is InChI=1S/C10H16N2O4/c1-10(2,3)16-9(14)12-6-5-7(11-12)8(13)15-4/h5-6H2,1-4H3. The molecule has 6 heteroatoms. The molecule has 16 heavy (non-hydrogen) atoms. The Labute approximate surface area is 94.2 Å². The van der Waals surface area contributed by atoms with Crippen molar-refractivity contribution in [2.45, 2.75) is 32.8 Å². The molecule has 0 spiro atoms. The number of hydrogen-bond donors (Lipinski definition) is 0. The number of hydrogen-bond acceptors (Lipinski definition) is 5. The van der Waals surface area contributed by atoms with Gasteiger partial charge in [0.2, 0.25) is 0 Å². The molecule has 1 amide bonds. The number of rotatable bonds is 1. The van der Waals surface area contributed by atoms with Crippen molar-refractivity contribution in [3.8, 4) is 0 Å². The smallest absolute Gasteiger partial charge is 0.430 e. The first-order valence-corrected chi connectivity index (χ1v) is 5.00. The maximum absolute atomic E-state index is 11.6. The summed E-state index contributed by atoms with van der Waals surface area (Å²) in [4.78, 5) is 22.7. The molecule has 0 radical (unpaired) electrons. The van der Waals surface area contributed by atoms with Crippen LogP contribution in [-0.4, -0.2) is 42.0 Å². The molecule has 1 heterocycles. The van der Waals surface area contributed by atoms with E-state index in [-0.39, 0.29) is 5.71 Å². The first-order chi connectivity index (χ1) is 7.33. The van der Waals surface area contributed by atoms with Crippen LogP contribution in [-0.2, 0) is 14.3 Å². The van der Waals surface area contributed by atoms with Gasteiger partial charge in [-0.3, -0.25) is 0 Å². The minimum atomic E-state index is -0.569. The van der Waals surface area contributed by atoms with E-state index in [1.54, 1.807) is 20.8 Å². The van der Waals surface area contributed by atoms with Gasteiger partial charge < -0.3 is 9.47 Å². The highest BCUT2D eigenvalue weighted by Crippen LogP contribution is 2.14. The van der Waals surface area contributed by atoms with Gasteiger partial charge in [-0.2, -0.15) is 10.1 Å². The quantitative estimate of drug-likeness (QED) is 0.631. The molecule has 0 saturated carbocycles. The highest BCUT2D eigenvalue weighted by atomic mass is 16.6. The molecule has 90 valence electrons. The fourth-order valence-corrected chi connectivity index (χ4v) is 1.16. The van der Waals surface area contributed by atoms with Crippen LogP contribution < -0.4 is 0 Å². The van der Waals surface area contributed by atoms with Gasteiger partial charge in [-0.05, 0) is 20.8 Å². The number of esters is 1. The molecule has 0 aromatic heterocycles. The van der Waals surface area contributed by atoms with E-state index < -0.39 is 17.7 Å². The fourth-order valence-electron chi connectivity index (χ4n) is 1.16. The molecule has 0 aromatic carbocycles. The molecule has 0 atom stereocenters. The van der Waals surface area contributed by atoms with Crippen molar-refractivity contribution >= 4 is 17.8 Å². The minimum Gasteiger partial charge on any atom is -0.464 e. The van der Waals surface area contributed by atoms with Gasteiger partial charge >= 0.3 is 12.1 Å². The van der Waals surface area contributed by atoms with Crippen LogP contribution in [0.4, 0.5) is 4.79 Å². The lowest BCUT2D eigenvalue weighted by molar-refractivity contribution is -0.132. The minimum absolute atomic E-state index is 0.244. The molecule has 0 N–H and O–H groups in total. The molecule has 6 nitrogen and oxygen atoms in total. The van der Waals surface area contributed by atoms with E-state index in [1.165, 1.54) is 7.11 Å². The van der Waals surface area contributed by atoms with E-state index in [4.69, 9.17) is 4.74 Å². The summed E-state index contributed by atoms with van der Waals surface area (Å²) in [5.74, 6) is -0.508. The van der Waals surface area contributed by atoms with Gasteiger partial charge in [-0.15, -0.1) is 0 Å². The van der Waals surface area contributed by atoms with Crippen molar-refractivity contribution in [2.75, 3.05) is 13.7 Å². The van der Waals surface area contributed by atoms with Crippen LogP contribution >= 0.6 is 0 Å². The van der Waals surface area contributed by atoms with E-state index in [9.17, 15) is 9.59 Å². The van der Waals surface area contributed by atoms with Crippen LogP contribution in [0, 0.1) is 0 Å². The van der Waals surface area contributed by atoms with Crippen molar-refractivity contribution in [1.29, 1.82) is 0 Å². The summed E-state index contributed by atoms with van der Waals surface area (Å²) in [5, 5.41) is 4.98. The average molecular weight is 228 g/mol. The van der Waals surface area contributed by atoms with Gasteiger partial charge in [0.05, 0.1) is 13.7 Å². The van der Waals surface area contributed by atoms with Gasteiger partial charge in [-0.1, -0.05) is 0 Å². The van der Waals surface area contributed by atoms with Crippen LogP contribution in [0.15, 0.2) is 5.10 Å². The maximum Gasteiger partial charge on any atom is 0.430 e. The van der Waals surface area contributed by atoms with Gasteiger partial charge in [-0.25, -0.2) is 9.59 Å². The Kier molecular flexibility index (Phi) is 3.51. The normalized spacial score (nSPS) is 15.8. The molecule has 0 unspecified atom stereocenters. The summed E-state index contributed by atoms with van der Waals surface area (Å²) in [5.41, 5.74) is -0.325. The molecule has 1 aliphatic heterocycles. The molecule has 0 aromatic rings. The van der Waals surface area contributed by atoms with Crippen molar-refractivity contribution in [1.82, 2.24) is 5.01 Å². The summed E-state index contributed by atoms with van der Waals surface area (Å²) in [6, 6.07) is 0. The second-order valence-electron chi connectivity index (χ2n) is 4.39. The summed E-state index contributed by atoms with van der Waals surface area (Å²) < 4.78 is 9.63. The molecular formula is C10H16N2O4. The molecule has 0 aliphatic carbocycles. The van der Waals surface area contributed by atoms with Crippen LogP contribution in [0.1, 0.15) is 27.2 Å². The zero-order chi connectivity index (χ0) is 12.3. The lowest BCUT2D eigenvalue weighted by Gasteiger charge is -2.22. The second kappa shape index (κ2) is 4.51. The zero-order valence-corrected chi connectivity index (χ0v) is 9.94. The van der Waals surface area contributed by atoms with Crippen molar-refractivity contribution in [3.05, 3.63) is 0 Å². The number of carbonyl (C=O) groups is 2. The van der Waals surface area contributed by atoms with Gasteiger partial charge in [0.25, 0.3) is 0 Å². The second-order valence-corrected chi connectivity index (χ2v) is 4.39. The maximum atomic E-state index is 11.6. The van der Waals surface area contributed by atoms with E-state index in [0.717, 1.165) is 5.01 Å². The molecule has 0 saturated heterocycles. The molecule has 0 fully saturated rings. The fraction of sp³-hybridized carbons (Fsp3) is 0.700. The lowest BCUT2D eigenvalue weighted by atomic mass is 10.2. The molecule has 1 aliphatic rings. The lowest BCUT2D eigenvalue weighted by Crippen LogP contribution is -2.32. The van der Waals surface area contributed by atoms with Crippen molar-refractivity contribution in [3.63, 3.8) is 0 Å². The van der Waals surface area contributed by atoms with Crippen LogP contribution in [0.25, 0.3) is 0 Å². The van der Waals surface area contributed by atoms with Gasteiger partial charge in [0.15, 0.2) is 0 Å². The predicted octanol–water partition coefficient (Wildman–Crippen LogP) is 1.16. The van der Waals surface area contributed by atoms with Crippen molar-refractivity contribution < 1.29 is 19.1 Å². The molecule has 1 rings (SSSR count). The monoisotopic (exact) mass is 228 g/mol. The number of methoxy groups -OCH3 is 1. The first-order valence-electron chi connectivity index (χ1n) is 5.00. The van der Waals surface area contributed by atoms with Crippen LogP contribution in [0.5, 0.6) is 0 Å². The Bertz CT molecular complexity index is 330. The third-order valence-electron chi connectivity index (χ3n) is 1.83. The van der Waals surface area contributed by atoms with E-state index >= 15 is 0 Å². The summed E-state index contributed by atoms with van der Waals surface area (Å²) in [7, 11) is 1.28. The topological polar surface area (TPSA) is 68.2 Å². The Morgan fingerprint density at radius 2 is 2.00 bits per heavy atom. The molecular weight excluding hydrogens is 212 g/mol. The highest BCUT2D eigenvalue weighted by Gasteiger charge is 2.28. The number of amides is 1.